The van der Waals surface area contributed by atoms with Gasteiger partial charge in [-0.15, -0.1) is 0 Å². The molecule has 1 atom stereocenters. The minimum absolute atomic E-state index is 0.273. The minimum atomic E-state index is -0.746. The molecule has 2 rings (SSSR count). The monoisotopic (exact) mass is 348 g/mol. The first-order valence-electron chi connectivity index (χ1n) is 6.88. The lowest BCUT2D eigenvalue weighted by molar-refractivity contribution is -0.122. The van der Waals surface area contributed by atoms with Gasteiger partial charge in [-0.25, -0.2) is 0 Å². The van der Waals surface area contributed by atoms with Crippen LogP contribution in [0.3, 0.4) is 0 Å². The van der Waals surface area contributed by atoms with E-state index in [-0.39, 0.29) is 10.9 Å². The zero-order chi connectivity index (χ0) is 16.8. The Labute approximate surface area is 144 Å². The van der Waals surface area contributed by atoms with Gasteiger partial charge in [0, 0.05) is 5.69 Å². The molecule has 0 saturated heterocycles. The molecule has 0 aliphatic carbocycles. The van der Waals surface area contributed by atoms with E-state index in [1.165, 1.54) is 0 Å². The van der Waals surface area contributed by atoms with Crippen molar-refractivity contribution in [3.05, 3.63) is 58.1 Å². The fourth-order valence-corrected chi connectivity index (χ4v) is 2.20. The molecule has 2 aromatic carbocycles. The quantitative estimate of drug-likeness (QED) is 0.867. The van der Waals surface area contributed by atoms with Crippen molar-refractivity contribution in [2.45, 2.75) is 19.4 Å². The Kier molecular flexibility index (Phi) is 5.86. The Morgan fingerprint density at radius 3 is 2.61 bits per heavy atom. The summed E-state index contributed by atoms with van der Waals surface area (Å²) in [5, 5.41) is 12.0. The molecule has 118 valence electrons. The maximum atomic E-state index is 12.2. The third-order valence-corrected chi connectivity index (χ3v) is 3.90. The van der Waals surface area contributed by atoms with Gasteiger partial charge in [-0.1, -0.05) is 41.4 Å². The summed E-state index contributed by atoms with van der Waals surface area (Å²) in [6, 6.07) is 14.1. The summed E-state index contributed by atoms with van der Waals surface area (Å²) in [6.45, 7) is 1.62. The van der Waals surface area contributed by atoms with Crippen molar-refractivity contribution in [1.82, 2.24) is 0 Å². The molecule has 0 fully saturated rings. The van der Waals surface area contributed by atoms with E-state index in [0.717, 1.165) is 5.56 Å². The van der Waals surface area contributed by atoms with Crippen LogP contribution in [-0.2, 0) is 11.2 Å². The van der Waals surface area contributed by atoms with E-state index >= 15 is 0 Å². The van der Waals surface area contributed by atoms with Gasteiger partial charge >= 0.3 is 0 Å². The molecule has 0 radical (unpaired) electrons. The van der Waals surface area contributed by atoms with Gasteiger partial charge in [0.15, 0.2) is 6.10 Å². The lowest BCUT2D eigenvalue weighted by Crippen LogP contribution is -2.30. The molecular formula is C17H14Cl2N2O2. The van der Waals surface area contributed by atoms with Gasteiger partial charge in [-0.3, -0.25) is 4.79 Å². The first-order chi connectivity index (χ1) is 11.0. The van der Waals surface area contributed by atoms with Gasteiger partial charge in [0.05, 0.1) is 17.5 Å². The standard InChI is InChI=1S/C17H14Cl2N2O2/c1-11(23-15-4-2-3-14(18)16(15)19)17(22)21-13-7-5-12(6-8-13)9-10-20/h2-8,11H,9H2,1H3,(H,21,22). The second kappa shape index (κ2) is 7.87. The SMILES string of the molecule is CC(Oc1cccc(Cl)c1Cl)C(=O)Nc1ccc(CC#N)cc1. The summed E-state index contributed by atoms with van der Waals surface area (Å²) in [5.41, 5.74) is 1.52. The van der Waals surface area contributed by atoms with Crippen LogP contribution in [0.2, 0.25) is 10.0 Å². The van der Waals surface area contributed by atoms with Gasteiger partial charge in [-0.05, 0) is 36.8 Å². The highest BCUT2D eigenvalue weighted by Gasteiger charge is 2.17. The molecule has 1 amide bonds. The van der Waals surface area contributed by atoms with Crippen LogP contribution in [0, 0.1) is 11.3 Å². The molecule has 0 saturated carbocycles. The number of nitrogens with zero attached hydrogens (tertiary/aromatic N) is 1. The number of anilines is 1. The third kappa shape index (κ3) is 4.62. The fourth-order valence-electron chi connectivity index (χ4n) is 1.86. The number of halogens is 2. The number of hydrogen-bond donors (Lipinski definition) is 1. The average Bonchev–Trinajstić information content (AvgIpc) is 2.54. The molecule has 0 aliphatic heterocycles. The summed E-state index contributed by atoms with van der Waals surface area (Å²) in [4.78, 5) is 12.2. The third-order valence-electron chi connectivity index (χ3n) is 3.09. The molecule has 23 heavy (non-hydrogen) atoms. The second-order valence-corrected chi connectivity index (χ2v) is 5.62. The number of carbonyl (C=O) groups excluding carboxylic acids is 1. The summed E-state index contributed by atoms with van der Waals surface area (Å²) in [5.74, 6) is 0.0419. The van der Waals surface area contributed by atoms with Crippen LogP contribution < -0.4 is 10.1 Å². The lowest BCUT2D eigenvalue weighted by atomic mass is 10.1. The van der Waals surface area contributed by atoms with Crippen LogP contribution in [0.1, 0.15) is 12.5 Å². The molecule has 0 aliphatic rings. The summed E-state index contributed by atoms with van der Waals surface area (Å²) >= 11 is 11.9. The highest BCUT2D eigenvalue weighted by Crippen LogP contribution is 2.32. The first-order valence-corrected chi connectivity index (χ1v) is 7.64. The number of amides is 1. The van der Waals surface area contributed by atoms with E-state index in [1.807, 2.05) is 0 Å². The van der Waals surface area contributed by atoms with Crippen LogP contribution in [0.15, 0.2) is 42.5 Å². The highest BCUT2D eigenvalue weighted by atomic mass is 35.5. The summed E-state index contributed by atoms with van der Waals surface area (Å²) in [7, 11) is 0. The van der Waals surface area contributed by atoms with Crippen molar-refractivity contribution >= 4 is 34.8 Å². The molecule has 4 nitrogen and oxygen atoms in total. The fraction of sp³-hybridized carbons (Fsp3) is 0.176. The molecule has 0 spiro atoms. The molecule has 0 heterocycles. The first kappa shape index (κ1) is 17.1. The van der Waals surface area contributed by atoms with Crippen molar-refractivity contribution in [2.24, 2.45) is 0 Å². The van der Waals surface area contributed by atoms with Gasteiger partial charge in [0.1, 0.15) is 10.8 Å². The van der Waals surface area contributed by atoms with E-state index < -0.39 is 6.10 Å². The number of hydrogen-bond acceptors (Lipinski definition) is 3. The Bertz CT molecular complexity index is 739. The van der Waals surface area contributed by atoms with E-state index in [2.05, 4.69) is 11.4 Å². The van der Waals surface area contributed by atoms with Crippen molar-refractivity contribution < 1.29 is 9.53 Å². The van der Waals surface area contributed by atoms with Crippen molar-refractivity contribution in [3.8, 4) is 11.8 Å². The van der Waals surface area contributed by atoms with Gasteiger partial charge in [0.25, 0.3) is 5.91 Å². The van der Waals surface area contributed by atoms with Crippen molar-refractivity contribution in [3.63, 3.8) is 0 Å². The molecule has 1 N–H and O–H groups in total. The van der Waals surface area contributed by atoms with Gasteiger partial charge in [0.2, 0.25) is 0 Å². The molecule has 2 aromatic rings. The van der Waals surface area contributed by atoms with Gasteiger partial charge in [-0.2, -0.15) is 5.26 Å². The van der Waals surface area contributed by atoms with Gasteiger partial charge < -0.3 is 10.1 Å². The number of nitriles is 1. The van der Waals surface area contributed by atoms with Crippen LogP contribution in [-0.4, -0.2) is 12.0 Å². The normalized spacial score (nSPS) is 11.4. The second-order valence-electron chi connectivity index (χ2n) is 4.83. The Hall–Kier alpha value is -2.22. The summed E-state index contributed by atoms with van der Waals surface area (Å²) in [6.07, 6.45) is -0.411. The van der Waals surface area contributed by atoms with Crippen LogP contribution in [0.5, 0.6) is 5.75 Å². The molecule has 0 bridgehead atoms. The molecule has 1 unspecified atom stereocenters. The van der Waals surface area contributed by atoms with Crippen LogP contribution >= 0.6 is 23.2 Å². The lowest BCUT2D eigenvalue weighted by Gasteiger charge is -2.16. The highest BCUT2D eigenvalue weighted by molar-refractivity contribution is 6.42. The summed E-state index contributed by atoms with van der Waals surface area (Å²) < 4.78 is 5.55. The smallest absolute Gasteiger partial charge is 0.265 e. The number of nitrogens with one attached hydrogen (secondary N) is 1. The number of benzene rings is 2. The van der Waals surface area contributed by atoms with Crippen molar-refractivity contribution in [2.75, 3.05) is 5.32 Å². The molecule has 0 aromatic heterocycles. The number of ether oxygens (including phenoxy) is 1. The average molecular weight is 349 g/mol. The zero-order valence-electron chi connectivity index (χ0n) is 12.3. The maximum Gasteiger partial charge on any atom is 0.265 e. The van der Waals surface area contributed by atoms with E-state index in [9.17, 15) is 4.79 Å². The van der Waals surface area contributed by atoms with Crippen LogP contribution in [0.25, 0.3) is 0 Å². The van der Waals surface area contributed by atoms with E-state index in [1.54, 1.807) is 49.4 Å². The van der Waals surface area contributed by atoms with E-state index in [0.29, 0.717) is 22.9 Å². The predicted octanol–water partition coefficient (Wildman–Crippen LogP) is 4.47. The molecular weight excluding hydrogens is 335 g/mol. The Morgan fingerprint density at radius 1 is 1.26 bits per heavy atom. The molecule has 6 heteroatoms. The van der Waals surface area contributed by atoms with Crippen molar-refractivity contribution in [1.29, 1.82) is 5.26 Å². The maximum absolute atomic E-state index is 12.2. The Balaban J connectivity index is 2.00. The topological polar surface area (TPSA) is 62.1 Å². The van der Waals surface area contributed by atoms with Crippen LogP contribution in [0.4, 0.5) is 5.69 Å². The van der Waals surface area contributed by atoms with E-state index in [4.69, 9.17) is 33.2 Å². The number of carbonyl (C=O) groups is 1. The number of rotatable bonds is 5. The minimum Gasteiger partial charge on any atom is -0.479 e. The zero-order valence-corrected chi connectivity index (χ0v) is 13.9. The Morgan fingerprint density at radius 2 is 1.96 bits per heavy atom. The largest absolute Gasteiger partial charge is 0.479 e. The predicted molar refractivity (Wildman–Crippen MR) is 90.9 cm³/mol.